The molecule has 0 atom stereocenters. The summed E-state index contributed by atoms with van der Waals surface area (Å²) in [6, 6.07) is 23.2. The summed E-state index contributed by atoms with van der Waals surface area (Å²) in [5.41, 5.74) is 3.76. The molecule has 2 nitrogen and oxygen atoms in total. The Morgan fingerprint density at radius 2 is 1.61 bits per heavy atom. The van der Waals surface area contributed by atoms with E-state index in [0.717, 1.165) is 16.8 Å². The maximum Gasteiger partial charge on any atom is 0.118 e. The van der Waals surface area contributed by atoms with Gasteiger partial charge in [-0.2, -0.15) is 0 Å². The zero-order valence-electron chi connectivity index (χ0n) is 12.8. The van der Waals surface area contributed by atoms with Crippen molar-refractivity contribution >= 4 is 37.7 Å². The Bertz CT molecular complexity index is 986. The molecule has 0 N–H and O–H groups in total. The van der Waals surface area contributed by atoms with Crippen LogP contribution < -0.4 is 4.74 Å². The van der Waals surface area contributed by atoms with E-state index in [9.17, 15) is 0 Å². The largest absolute Gasteiger partial charge is 0.497 e. The van der Waals surface area contributed by atoms with Gasteiger partial charge in [0, 0.05) is 27.3 Å². The van der Waals surface area contributed by atoms with Crippen LogP contribution in [0.5, 0.6) is 5.75 Å². The number of halogens is 1. The summed E-state index contributed by atoms with van der Waals surface area (Å²) in [6.07, 6.45) is 0. The number of ether oxygens (including phenoxy) is 1. The Balaban J connectivity index is 1.92. The molecule has 0 aliphatic rings. The first-order chi connectivity index (χ1) is 11.3. The van der Waals surface area contributed by atoms with Gasteiger partial charge in [0.05, 0.1) is 12.6 Å². The van der Waals surface area contributed by atoms with Crippen molar-refractivity contribution in [3.8, 4) is 5.75 Å². The van der Waals surface area contributed by atoms with Gasteiger partial charge in [0.25, 0.3) is 0 Å². The zero-order valence-corrected chi connectivity index (χ0v) is 14.4. The Morgan fingerprint density at radius 1 is 0.870 bits per heavy atom. The van der Waals surface area contributed by atoms with E-state index >= 15 is 0 Å². The van der Waals surface area contributed by atoms with Crippen LogP contribution in [-0.4, -0.2) is 11.7 Å². The molecule has 114 valence electrons. The molecule has 0 spiro atoms. The predicted molar refractivity (Wildman–Crippen MR) is 99.2 cm³/mol. The average Bonchev–Trinajstić information content (AvgIpc) is 2.91. The monoisotopic (exact) mass is 365 g/mol. The molecule has 3 heteroatoms. The molecule has 23 heavy (non-hydrogen) atoms. The second kappa shape index (κ2) is 5.74. The van der Waals surface area contributed by atoms with Crippen molar-refractivity contribution in [2.75, 3.05) is 7.11 Å². The minimum Gasteiger partial charge on any atom is -0.497 e. The molecule has 0 bridgehead atoms. The van der Waals surface area contributed by atoms with Crippen molar-refractivity contribution in [1.29, 1.82) is 0 Å². The summed E-state index contributed by atoms with van der Waals surface area (Å²) in [4.78, 5) is 0. The smallest absolute Gasteiger partial charge is 0.118 e. The Labute approximate surface area is 143 Å². The molecule has 0 amide bonds. The minimum absolute atomic E-state index is 0.838. The number of methoxy groups -OCH3 is 1. The fourth-order valence-electron chi connectivity index (χ4n) is 3.14. The molecule has 4 aromatic rings. The first-order valence-corrected chi connectivity index (χ1v) is 8.35. The van der Waals surface area contributed by atoms with E-state index in [1.54, 1.807) is 7.11 Å². The van der Waals surface area contributed by atoms with Gasteiger partial charge in [-0.05, 0) is 35.9 Å². The van der Waals surface area contributed by atoms with Crippen LogP contribution in [-0.2, 0) is 6.54 Å². The number of benzene rings is 3. The number of para-hydroxylation sites is 1. The van der Waals surface area contributed by atoms with Crippen molar-refractivity contribution in [2.24, 2.45) is 0 Å². The molecule has 1 heterocycles. The quantitative estimate of drug-likeness (QED) is 0.459. The van der Waals surface area contributed by atoms with Gasteiger partial charge in [0.2, 0.25) is 0 Å². The highest BCUT2D eigenvalue weighted by Crippen LogP contribution is 2.34. The van der Waals surface area contributed by atoms with Crippen molar-refractivity contribution < 1.29 is 4.74 Å². The number of hydrogen-bond acceptors (Lipinski definition) is 1. The van der Waals surface area contributed by atoms with Crippen LogP contribution in [0.2, 0.25) is 0 Å². The fourth-order valence-corrected chi connectivity index (χ4v) is 3.71. The third-order valence-corrected chi connectivity index (χ3v) is 4.91. The van der Waals surface area contributed by atoms with Crippen molar-refractivity contribution in [2.45, 2.75) is 6.54 Å². The summed E-state index contributed by atoms with van der Waals surface area (Å²) in [6.45, 7) is 0.838. The molecule has 0 radical (unpaired) electrons. The molecule has 0 saturated heterocycles. The van der Waals surface area contributed by atoms with Crippen LogP contribution >= 0.6 is 15.9 Å². The van der Waals surface area contributed by atoms with E-state index in [-0.39, 0.29) is 0 Å². The van der Waals surface area contributed by atoms with Gasteiger partial charge in [-0.15, -0.1) is 0 Å². The molecule has 4 rings (SSSR count). The number of hydrogen-bond donors (Lipinski definition) is 0. The predicted octanol–water partition coefficient (Wildman–Crippen LogP) is 5.61. The second-order valence-corrected chi connectivity index (χ2v) is 6.44. The highest BCUT2D eigenvalue weighted by Gasteiger charge is 2.12. The maximum atomic E-state index is 5.25. The van der Waals surface area contributed by atoms with Crippen LogP contribution in [0.15, 0.2) is 71.2 Å². The lowest BCUT2D eigenvalue weighted by Crippen LogP contribution is -1.99. The van der Waals surface area contributed by atoms with Crippen LogP contribution in [0.1, 0.15) is 5.56 Å². The molecular formula is C20H16BrNO. The van der Waals surface area contributed by atoms with E-state index in [0.29, 0.717) is 0 Å². The highest BCUT2D eigenvalue weighted by molar-refractivity contribution is 9.10. The number of rotatable bonds is 3. The number of fused-ring (bicyclic) bond motifs is 3. The summed E-state index contributed by atoms with van der Waals surface area (Å²) in [7, 11) is 1.69. The van der Waals surface area contributed by atoms with Gasteiger partial charge in [-0.25, -0.2) is 0 Å². The second-order valence-electron chi connectivity index (χ2n) is 5.59. The van der Waals surface area contributed by atoms with Crippen molar-refractivity contribution in [3.05, 3.63) is 76.8 Å². The van der Waals surface area contributed by atoms with Gasteiger partial charge >= 0.3 is 0 Å². The SMILES string of the molecule is COc1ccc(Cn2c3ccccc3c3c(Br)cccc32)cc1. The number of nitrogens with zero attached hydrogens (tertiary/aromatic N) is 1. The first kappa shape index (κ1) is 14.3. The van der Waals surface area contributed by atoms with Crippen LogP contribution in [0.4, 0.5) is 0 Å². The van der Waals surface area contributed by atoms with Crippen LogP contribution in [0.25, 0.3) is 21.8 Å². The third-order valence-electron chi connectivity index (χ3n) is 4.25. The normalized spacial score (nSPS) is 11.2. The lowest BCUT2D eigenvalue weighted by atomic mass is 10.2. The molecule has 0 aliphatic carbocycles. The van der Waals surface area contributed by atoms with Crippen molar-refractivity contribution in [3.63, 3.8) is 0 Å². The summed E-state index contributed by atoms with van der Waals surface area (Å²) in [5.74, 6) is 0.888. The van der Waals surface area contributed by atoms with E-state index in [1.807, 2.05) is 12.1 Å². The third kappa shape index (κ3) is 2.41. The number of aromatic nitrogens is 1. The van der Waals surface area contributed by atoms with E-state index in [2.05, 4.69) is 75.1 Å². The Morgan fingerprint density at radius 3 is 2.39 bits per heavy atom. The summed E-state index contributed by atoms with van der Waals surface area (Å²) in [5, 5.41) is 2.56. The highest BCUT2D eigenvalue weighted by atomic mass is 79.9. The Kier molecular flexibility index (Phi) is 3.58. The van der Waals surface area contributed by atoms with Crippen LogP contribution in [0.3, 0.4) is 0 Å². The maximum absolute atomic E-state index is 5.25. The topological polar surface area (TPSA) is 14.2 Å². The van der Waals surface area contributed by atoms with Gasteiger partial charge in [0.15, 0.2) is 0 Å². The lowest BCUT2D eigenvalue weighted by Gasteiger charge is -2.08. The van der Waals surface area contributed by atoms with Crippen molar-refractivity contribution in [1.82, 2.24) is 4.57 Å². The van der Waals surface area contributed by atoms with Gasteiger partial charge in [0.1, 0.15) is 5.75 Å². The van der Waals surface area contributed by atoms with Gasteiger partial charge < -0.3 is 9.30 Å². The zero-order chi connectivity index (χ0) is 15.8. The molecule has 3 aromatic carbocycles. The van der Waals surface area contributed by atoms with E-state index in [1.165, 1.54) is 27.4 Å². The molecule has 0 saturated carbocycles. The molecular weight excluding hydrogens is 350 g/mol. The van der Waals surface area contributed by atoms with E-state index in [4.69, 9.17) is 4.74 Å². The lowest BCUT2D eigenvalue weighted by molar-refractivity contribution is 0.414. The fraction of sp³-hybridized carbons (Fsp3) is 0.100. The van der Waals surface area contributed by atoms with Gasteiger partial charge in [-0.3, -0.25) is 0 Å². The Hall–Kier alpha value is -2.26. The first-order valence-electron chi connectivity index (χ1n) is 7.56. The molecule has 0 fully saturated rings. The summed E-state index contributed by atoms with van der Waals surface area (Å²) >= 11 is 3.71. The standard InChI is InChI=1S/C20H16BrNO/c1-23-15-11-9-14(10-12-15)13-22-18-7-3-2-5-16(18)20-17(21)6-4-8-19(20)22/h2-12H,13H2,1H3. The average molecular weight is 366 g/mol. The van der Waals surface area contributed by atoms with Crippen LogP contribution in [0, 0.1) is 0 Å². The molecule has 0 aliphatic heterocycles. The molecule has 1 aromatic heterocycles. The van der Waals surface area contributed by atoms with E-state index < -0.39 is 0 Å². The molecule has 0 unspecified atom stereocenters. The minimum atomic E-state index is 0.838. The van der Waals surface area contributed by atoms with Gasteiger partial charge in [-0.1, -0.05) is 52.3 Å². The summed E-state index contributed by atoms with van der Waals surface area (Å²) < 4.78 is 8.76.